The van der Waals surface area contributed by atoms with Crippen molar-refractivity contribution in [3.05, 3.63) is 60.2 Å². The number of nitrogens with zero attached hydrogens (tertiary/aromatic N) is 1. The van der Waals surface area contributed by atoms with Crippen LogP contribution in [-0.2, 0) is 4.79 Å². The lowest BCUT2D eigenvalue weighted by Crippen LogP contribution is -2.43. The van der Waals surface area contributed by atoms with E-state index in [-0.39, 0.29) is 11.8 Å². The van der Waals surface area contributed by atoms with Crippen molar-refractivity contribution in [1.29, 1.82) is 0 Å². The van der Waals surface area contributed by atoms with Crippen LogP contribution in [0.3, 0.4) is 0 Å². The molecule has 0 unspecified atom stereocenters. The number of hydrogen-bond acceptors (Lipinski definition) is 4. The van der Waals surface area contributed by atoms with Crippen LogP contribution in [0.15, 0.2) is 54.6 Å². The molecule has 0 spiro atoms. The van der Waals surface area contributed by atoms with E-state index in [9.17, 15) is 9.59 Å². The topological polar surface area (TPSA) is 70.7 Å². The van der Waals surface area contributed by atoms with Gasteiger partial charge in [-0.3, -0.25) is 10.1 Å². The van der Waals surface area contributed by atoms with Crippen molar-refractivity contribution in [1.82, 2.24) is 10.2 Å². The van der Waals surface area contributed by atoms with E-state index in [1.807, 2.05) is 54.6 Å². The van der Waals surface area contributed by atoms with E-state index < -0.39 is 6.03 Å². The van der Waals surface area contributed by atoms with Crippen LogP contribution in [0.1, 0.15) is 44.6 Å². The number of urea groups is 1. The fraction of sp³-hybridized carbons (Fsp3) is 0.440. The maximum absolute atomic E-state index is 12.5. The summed E-state index contributed by atoms with van der Waals surface area (Å²) in [5.41, 5.74) is 1.89. The highest BCUT2D eigenvalue weighted by Gasteiger charge is 2.25. The summed E-state index contributed by atoms with van der Waals surface area (Å²) < 4.78 is 5.73. The first-order valence-corrected chi connectivity index (χ1v) is 11.1. The summed E-state index contributed by atoms with van der Waals surface area (Å²) in [4.78, 5) is 27.0. The van der Waals surface area contributed by atoms with Crippen molar-refractivity contribution in [2.75, 3.05) is 31.6 Å². The zero-order valence-corrected chi connectivity index (χ0v) is 18.5. The third-order valence-electron chi connectivity index (χ3n) is 5.66. The number of carbonyl (C=O) groups excluding carboxylic acids is 2. The molecule has 6 heteroatoms. The third kappa shape index (κ3) is 7.40. The molecule has 0 aliphatic carbocycles. The second-order valence-electron chi connectivity index (χ2n) is 8.35. The number of rotatable bonds is 8. The number of carbonyl (C=O) groups is 2. The number of piperidine rings is 1. The molecule has 0 aromatic heterocycles. The zero-order chi connectivity index (χ0) is 22.1. The SMILES string of the molecule is CC(C)c1ccc(NC(=O)NC(=O)C2CCN(CCCOc3ccccc3)CC2)cc1. The molecule has 1 aliphatic heterocycles. The lowest BCUT2D eigenvalue weighted by atomic mass is 9.96. The van der Waals surface area contributed by atoms with Gasteiger partial charge in [0.05, 0.1) is 6.61 Å². The number of anilines is 1. The summed E-state index contributed by atoms with van der Waals surface area (Å²) in [6, 6.07) is 17.1. The lowest BCUT2D eigenvalue weighted by molar-refractivity contribution is -0.125. The van der Waals surface area contributed by atoms with Crippen molar-refractivity contribution in [2.24, 2.45) is 5.92 Å². The van der Waals surface area contributed by atoms with Gasteiger partial charge < -0.3 is 15.0 Å². The van der Waals surface area contributed by atoms with Gasteiger partial charge in [0.15, 0.2) is 0 Å². The Bertz CT molecular complexity index is 829. The van der Waals surface area contributed by atoms with Crippen LogP contribution in [0.5, 0.6) is 5.75 Å². The van der Waals surface area contributed by atoms with Gasteiger partial charge in [0, 0.05) is 18.2 Å². The maximum atomic E-state index is 12.5. The third-order valence-corrected chi connectivity index (χ3v) is 5.66. The van der Waals surface area contributed by atoms with E-state index in [1.165, 1.54) is 5.56 Å². The molecule has 2 aromatic carbocycles. The largest absolute Gasteiger partial charge is 0.494 e. The summed E-state index contributed by atoms with van der Waals surface area (Å²) in [7, 11) is 0. The molecule has 2 N–H and O–H groups in total. The Kier molecular flexibility index (Phi) is 8.47. The van der Waals surface area contributed by atoms with Gasteiger partial charge in [-0.15, -0.1) is 0 Å². The summed E-state index contributed by atoms with van der Waals surface area (Å²) in [5, 5.41) is 5.23. The molecule has 3 amide bonds. The fourth-order valence-electron chi connectivity index (χ4n) is 3.74. The van der Waals surface area contributed by atoms with Crippen LogP contribution < -0.4 is 15.4 Å². The number of benzene rings is 2. The molecule has 2 aromatic rings. The molecule has 0 radical (unpaired) electrons. The standard InChI is InChI=1S/C25H33N3O3/c1-19(2)20-9-11-22(12-10-20)26-25(30)27-24(29)21-13-16-28(17-14-21)15-6-18-31-23-7-4-3-5-8-23/h3-5,7-12,19,21H,6,13-18H2,1-2H3,(H2,26,27,29,30). The molecule has 1 heterocycles. The van der Waals surface area contributed by atoms with Gasteiger partial charge in [0.2, 0.25) is 5.91 Å². The van der Waals surface area contributed by atoms with Crippen LogP contribution >= 0.6 is 0 Å². The van der Waals surface area contributed by atoms with Gasteiger partial charge in [-0.2, -0.15) is 0 Å². The first-order chi connectivity index (χ1) is 15.0. The van der Waals surface area contributed by atoms with E-state index >= 15 is 0 Å². The van der Waals surface area contributed by atoms with E-state index in [0.29, 0.717) is 18.2 Å². The minimum Gasteiger partial charge on any atom is -0.494 e. The number of amides is 3. The Morgan fingerprint density at radius 3 is 2.35 bits per heavy atom. The van der Waals surface area contributed by atoms with Gasteiger partial charge in [0.25, 0.3) is 0 Å². The van der Waals surface area contributed by atoms with Crippen LogP contribution in [-0.4, -0.2) is 43.1 Å². The van der Waals surface area contributed by atoms with Crippen molar-refractivity contribution in [3.8, 4) is 5.75 Å². The predicted molar refractivity (Wildman–Crippen MR) is 123 cm³/mol. The Balaban J connectivity index is 1.32. The second kappa shape index (κ2) is 11.5. The lowest BCUT2D eigenvalue weighted by Gasteiger charge is -2.31. The predicted octanol–water partition coefficient (Wildman–Crippen LogP) is 4.64. The zero-order valence-electron chi connectivity index (χ0n) is 18.5. The van der Waals surface area contributed by atoms with Crippen molar-refractivity contribution >= 4 is 17.6 Å². The van der Waals surface area contributed by atoms with Crippen LogP contribution in [0.4, 0.5) is 10.5 Å². The molecule has 0 atom stereocenters. The van der Waals surface area contributed by atoms with Gasteiger partial charge in [-0.25, -0.2) is 4.79 Å². The summed E-state index contributed by atoms with van der Waals surface area (Å²) in [6.07, 6.45) is 2.48. The average molecular weight is 424 g/mol. The number of para-hydroxylation sites is 1. The number of ether oxygens (including phenoxy) is 1. The number of imide groups is 1. The molecule has 1 fully saturated rings. The van der Waals surface area contributed by atoms with E-state index in [4.69, 9.17) is 4.74 Å². The first kappa shape index (κ1) is 22.8. The van der Waals surface area contributed by atoms with Gasteiger partial charge in [-0.1, -0.05) is 44.2 Å². The molecule has 0 bridgehead atoms. The minimum absolute atomic E-state index is 0.120. The normalized spacial score (nSPS) is 14.9. The van der Waals surface area contributed by atoms with Crippen molar-refractivity contribution < 1.29 is 14.3 Å². The molecule has 0 saturated carbocycles. The molecular formula is C25H33N3O3. The van der Waals surface area contributed by atoms with Crippen LogP contribution in [0.2, 0.25) is 0 Å². The highest BCUT2D eigenvalue weighted by Crippen LogP contribution is 2.19. The van der Waals surface area contributed by atoms with Crippen molar-refractivity contribution in [3.63, 3.8) is 0 Å². The smallest absolute Gasteiger partial charge is 0.325 e. The van der Waals surface area contributed by atoms with Gasteiger partial charge in [-0.05, 0) is 68.1 Å². The van der Waals surface area contributed by atoms with Gasteiger partial charge >= 0.3 is 6.03 Å². The molecule has 166 valence electrons. The number of hydrogen-bond donors (Lipinski definition) is 2. The summed E-state index contributed by atoms with van der Waals surface area (Å²) >= 11 is 0. The molecule has 6 nitrogen and oxygen atoms in total. The summed E-state index contributed by atoms with van der Waals surface area (Å²) in [6.45, 7) is 7.61. The minimum atomic E-state index is -0.470. The highest BCUT2D eigenvalue weighted by atomic mass is 16.5. The number of nitrogens with one attached hydrogen (secondary N) is 2. The van der Waals surface area contributed by atoms with Crippen LogP contribution in [0, 0.1) is 5.92 Å². The monoisotopic (exact) mass is 423 g/mol. The maximum Gasteiger partial charge on any atom is 0.325 e. The van der Waals surface area contributed by atoms with E-state index in [2.05, 4.69) is 29.4 Å². The fourth-order valence-corrected chi connectivity index (χ4v) is 3.74. The molecule has 1 aliphatic rings. The van der Waals surface area contributed by atoms with Gasteiger partial charge in [0.1, 0.15) is 5.75 Å². The first-order valence-electron chi connectivity index (χ1n) is 11.1. The molecule has 31 heavy (non-hydrogen) atoms. The molecule has 1 saturated heterocycles. The number of likely N-dealkylation sites (tertiary alicyclic amines) is 1. The second-order valence-corrected chi connectivity index (χ2v) is 8.35. The van der Waals surface area contributed by atoms with E-state index in [1.54, 1.807) is 0 Å². The Hall–Kier alpha value is -2.86. The Labute approximate surface area is 185 Å². The van der Waals surface area contributed by atoms with Crippen LogP contribution in [0.25, 0.3) is 0 Å². The molecular weight excluding hydrogens is 390 g/mol. The van der Waals surface area contributed by atoms with Crippen molar-refractivity contribution in [2.45, 2.75) is 39.0 Å². The quantitative estimate of drug-likeness (QED) is 0.607. The Morgan fingerprint density at radius 2 is 1.71 bits per heavy atom. The Morgan fingerprint density at radius 1 is 1.03 bits per heavy atom. The molecule has 3 rings (SSSR count). The summed E-state index contributed by atoms with van der Waals surface area (Å²) in [5.74, 6) is 1.02. The average Bonchev–Trinajstić information content (AvgIpc) is 2.78. The highest BCUT2D eigenvalue weighted by molar-refractivity contribution is 6.01. The van der Waals surface area contributed by atoms with E-state index in [0.717, 1.165) is 44.6 Å².